The highest BCUT2D eigenvalue weighted by molar-refractivity contribution is 5.91. The first-order chi connectivity index (χ1) is 8.15. The van der Waals surface area contributed by atoms with Gasteiger partial charge in [-0.2, -0.15) is 0 Å². The molecule has 0 aromatic heterocycles. The Bertz CT molecular complexity index is 395. The van der Waals surface area contributed by atoms with Crippen LogP contribution in [0.4, 0.5) is 0 Å². The van der Waals surface area contributed by atoms with Gasteiger partial charge in [-0.15, -0.1) is 0 Å². The summed E-state index contributed by atoms with van der Waals surface area (Å²) in [6.07, 6.45) is 3.99. The molecule has 0 saturated heterocycles. The van der Waals surface area contributed by atoms with Crippen LogP contribution < -0.4 is 5.32 Å². The summed E-state index contributed by atoms with van der Waals surface area (Å²) >= 11 is 0. The molecule has 1 aromatic rings. The molecule has 1 aromatic carbocycles. The quantitative estimate of drug-likeness (QED) is 0.763. The van der Waals surface area contributed by atoms with Gasteiger partial charge in [-0.05, 0) is 25.0 Å². The predicted octanol–water partition coefficient (Wildman–Crippen LogP) is 1.90. The molecule has 1 unspecified atom stereocenters. The molecule has 0 aliphatic heterocycles. The van der Waals surface area contributed by atoms with Gasteiger partial charge in [0.2, 0.25) is 5.91 Å². The Balaban J connectivity index is 2.56. The smallest absolute Gasteiger partial charge is 0.244 e. The third-order valence-electron chi connectivity index (χ3n) is 2.53. The van der Waals surface area contributed by atoms with Crippen molar-refractivity contribution >= 4 is 12.0 Å². The van der Waals surface area contributed by atoms with Crippen molar-refractivity contribution in [3.05, 3.63) is 41.5 Å². The third-order valence-corrected chi connectivity index (χ3v) is 2.53. The van der Waals surface area contributed by atoms with Gasteiger partial charge in [0, 0.05) is 6.08 Å². The van der Waals surface area contributed by atoms with Gasteiger partial charge in [0.25, 0.3) is 0 Å². The van der Waals surface area contributed by atoms with Gasteiger partial charge < -0.3 is 10.4 Å². The fourth-order valence-electron chi connectivity index (χ4n) is 1.47. The molecule has 0 aliphatic rings. The average molecular weight is 233 g/mol. The minimum Gasteiger partial charge on any atom is -0.394 e. The monoisotopic (exact) mass is 233 g/mol. The molecule has 92 valence electrons. The minimum atomic E-state index is -0.174. The van der Waals surface area contributed by atoms with Crippen molar-refractivity contribution in [2.24, 2.45) is 0 Å². The van der Waals surface area contributed by atoms with E-state index in [1.54, 1.807) is 6.08 Å². The van der Waals surface area contributed by atoms with Crippen LogP contribution >= 0.6 is 0 Å². The van der Waals surface area contributed by atoms with E-state index in [4.69, 9.17) is 5.11 Å². The molecule has 2 N–H and O–H groups in total. The van der Waals surface area contributed by atoms with Gasteiger partial charge in [0.05, 0.1) is 12.6 Å². The van der Waals surface area contributed by atoms with Gasteiger partial charge in [-0.25, -0.2) is 0 Å². The molecule has 17 heavy (non-hydrogen) atoms. The SMILES string of the molecule is CCC(CO)NC(=O)/C=C/c1cccc(C)c1. The van der Waals surface area contributed by atoms with E-state index in [2.05, 4.69) is 5.32 Å². The van der Waals surface area contributed by atoms with Crippen LogP contribution in [0.3, 0.4) is 0 Å². The summed E-state index contributed by atoms with van der Waals surface area (Å²) in [6.45, 7) is 3.91. The van der Waals surface area contributed by atoms with E-state index in [0.29, 0.717) is 0 Å². The van der Waals surface area contributed by atoms with Crippen LogP contribution in [-0.4, -0.2) is 23.7 Å². The fourth-order valence-corrected chi connectivity index (χ4v) is 1.47. The number of carbonyl (C=O) groups excluding carboxylic acids is 1. The van der Waals surface area contributed by atoms with Crippen molar-refractivity contribution in [2.45, 2.75) is 26.3 Å². The Morgan fingerprint density at radius 1 is 1.53 bits per heavy atom. The molecular formula is C14H19NO2. The molecule has 0 saturated carbocycles. The van der Waals surface area contributed by atoms with Crippen molar-refractivity contribution in [1.29, 1.82) is 0 Å². The van der Waals surface area contributed by atoms with Crippen LogP contribution in [-0.2, 0) is 4.79 Å². The highest BCUT2D eigenvalue weighted by atomic mass is 16.3. The zero-order valence-corrected chi connectivity index (χ0v) is 10.3. The molecule has 1 amide bonds. The Morgan fingerprint density at radius 2 is 2.29 bits per heavy atom. The topological polar surface area (TPSA) is 49.3 Å². The van der Waals surface area contributed by atoms with Gasteiger partial charge >= 0.3 is 0 Å². The second-order valence-corrected chi connectivity index (χ2v) is 4.04. The minimum absolute atomic E-state index is 0.0273. The number of nitrogens with one attached hydrogen (secondary N) is 1. The number of aryl methyl sites for hydroxylation is 1. The summed E-state index contributed by atoms with van der Waals surface area (Å²) in [5.74, 6) is -0.174. The standard InChI is InChI=1S/C14H19NO2/c1-3-13(10-16)15-14(17)8-7-12-6-4-5-11(2)9-12/h4-9,13,16H,3,10H2,1-2H3,(H,15,17)/b8-7+. The number of aliphatic hydroxyl groups is 1. The van der Waals surface area contributed by atoms with Crippen molar-refractivity contribution in [2.75, 3.05) is 6.61 Å². The summed E-state index contributed by atoms with van der Waals surface area (Å²) in [7, 11) is 0. The van der Waals surface area contributed by atoms with Crippen LogP contribution in [0.1, 0.15) is 24.5 Å². The summed E-state index contributed by atoms with van der Waals surface area (Å²) in [4.78, 5) is 11.5. The molecule has 0 spiro atoms. The Kier molecular flexibility index (Phi) is 5.43. The number of aliphatic hydroxyl groups excluding tert-OH is 1. The van der Waals surface area contributed by atoms with Crippen LogP contribution in [0, 0.1) is 6.92 Å². The Hall–Kier alpha value is -1.61. The summed E-state index contributed by atoms with van der Waals surface area (Å²) in [5, 5.41) is 11.7. The first-order valence-corrected chi connectivity index (χ1v) is 5.81. The summed E-state index contributed by atoms with van der Waals surface area (Å²) in [6, 6.07) is 7.75. The third kappa shape index (κ3) is 4.83. The molecule has 0 bridgehead atoms. The molecule has 3 nitrogen and oxygen atoms in total. The molecular weight excluding hydrogens is 214 g/mol. The highest BCUT2D eigenvalue weighted by Gasteiger charge is 2.05. The lowest BCUT2D eigenvalue weighted by atomic mass is 10.1. The van der Waals surface area contributed by atoms with E-state index in [9.17, 15) is 4.79 Å². The van der Waals surface area contributed by atoms with Crippen LogP contribution in [0.2, 0.25) is 0 Å². The van der Waals surface area contributed by atoms with Gasteiger partial charge in [-0.3, -0.25) is 4.79 Å². The number of hydrogen-bond acceptors (Lipinski definition) is 2. The van der Waals surface area contributed by atoms with Crippen LogP contribution in [0.25, 0.3) is 6.08 Å². The van der Waals surface area contributed by atoms with Crippen molar-refractivity contribution in [3.8, 4) is 0 Å². The number of hydrogen-bond donors (Lipinski definition) is 2. The van der Waals surface area contributed by atoms with E-state index in [1.807, 2.05) is 38.1 Å². The van der Waals surface area contributed by atoms with Crippen molar-refractivity contribution in [3.63, 3.8) is 0 Å². The van der Waals surface area contributed by atoms with Gasteiger partial charge in [-0.1, -0.05) is 36.8 Å². The number of benzene rings is 1. The zero-order chi connectivity index (χ0) is 12.7. The highest BCUT2D eigenvalue weighted by Crippen LogP contribution is 2.05. The maximum Gasteiger partial charge on any atom is 0.244 e. The number of rotatable bonds is 5. The van der Waals surface area contributed by atoms with Gasteiger partial charge in [0.1, 0.15) is 0 Å². The van der Waals surface area contributed by atoms with Crippen molar-refractivity contribution in [1.82, 2.24) is 5.32 Å². The summed E-state index contributed by atoms with van der Waals surface area (Å²) in [5.41, 5.74) is 2.16. The lowest BCUT2D eigenvalue weighted by Gasteiger charge is -2.11. The molecule has 0 heterocycles. The largest absolute Gasteiger partial charge is 0.394 e. The molecule has 3 heteroatoms. The fraction of sp³-hybridized carbons (Fsp3) is 0.357. The van der Waals surface area contributed by atoms with Crippen LogP contribution in [0.15, 0.2) is 30.3 Å². The van der Waals surface area contributed by atoms with E-state index < -0.39 is 0 Å². The molecule has 1 atom stereocenters. The maximum absolute atomic E-state index is 11.5. The van der Waals surface area contributed by atoms with Crippen molar-refractivity contribution < 1.29 is 9.90 Å². The number of carbonyl (C=O) groups is 1. The maximum atomic E-state index is 11.5. The normalized spacial score (nSPS) is 12.6. The van der Waals surface area contributed by atoms with E-state index in [1.165, 1.54) is 6.08 Å². The lowest BCUT2D eigenvalue weighted by molar-refractivity contribution is -0.117. The van der Waals surface area contributed by atoms with E-state index in [0.717, 1.165) is 17.5 Å². The molecule has 0 fully saturated rings. The Labute approximate surface area is 102 Å². The average Bonchev–Trinajstić information content (AvgIpc) is 2.33. The van der Waals surface area contributed by atoms with E-state index >= 15 is 0 Å². The first-order valence-electron chi connectivity index (χ1n) is 5.81. The second-order valence-electron chi connectivity index (χ2n) is 4.04. The number of amides is 1. The lowest BCUT2D eigenvalue weighted by Crippen LogP contribution is -2.35. The molecule has 0 radical (unpaired) electrons. The molecule has 1 rings (SSSR count). The summed E-state index contributed by atoms with van der Waals surface area (Å²) < 4.78 is 0. The second kappa shape index (κ2) is 6.86. The first kappa shape index (κ1) is 13.5. The molecule has 0 aliphatic carbocycles. The van der Waals surface area contributed by atoms with Crippen LogP contribution in [0.5, 0.6) is 0 Å². The van der Waals surface area contributed by atoms with Gasteiger partial charge in [0.15, 0.2) is 0 Å². The predicted molar refractivity (Wildman–Crippen MR) is 69.5 cm³/mol. The Morgan fingerprint density at radius 3 is 2.88 bits per heavy atom. The zero-order valence-electron chi connectivity index (χ0n) is 10.3. The van der Waals surface area contributed by atoms with E-state index in [-0.39, 0.29) is 18.6 Å².